The van der Waals surface area contributed by atoms with E-state index in [1.807, 2.05) is 20.8 Å². The zero-order valence-electron chi connectivity index (χ0n) is 27.6. The first-order valence-corrected chi connectivity index (χ1v) is 21.3. The van der Waals surface area contributed by atoms with Crippen LogP contribution in [0.4, 0.5) is 0 Å². The quantitative estimate of drug-likeness (QED) is 0.0657. The van der Waals surface area contributed by atoms with Crippen LogP contribution in [0.3, 0.4) is 0 Å². The van der Waals surface area contributed by atoms with Crippen LogP contribution >= 0.6 is 24.1 Å². The molecule has 0 saturated carbocycles. The molecule has 0 aliphatic rings. The van der Waals surface area contributed by atoms with Gasteiger partial charge in [-0.1, -0.05) is 80.1 Å². The molecule has 0 bridgehead atoms. The van der Waals surface area contributed by atoms with Gasteiger partial charge in [0, 0.05) is 0 Å². The summed E-state index contributed by atoms with van der Waals surface area (Å²) in [6.45, 7) is 18.9. The standard InChI is InChI=1S/3C10H21O2P.Al/c3*1-4-6-8-10(3,13(11)12)9-7-5-2;/h3*4-9H2,1-3H3;/q;;;+3. The molecule has 3 unspecified atom stereocenters. The van der Waals surface area contributed by atoms with Gasteiger partial charge in [-0.2, -0.15) is 0 Å². The lowest BCUT2D eigenvalue weighted by molar-refractivity contribution is 0.291. The molecule has 0 fully saturated rings. The van der Waals surface area contributed by atoms with Crippen LogP contribution in [0.15, 0.2) is 0 Å². The van der Waals surface area contributed by atoms with E-state index in [9.17, 15) is 13.7 Å². The molecule has 0 radical (unpaired) electrons. The van der Waals surface area contributed by atoms with E-state index >= 15 is 0 Å². The molecule has 10 heteroatoms. The normalized spacial score (nSPS) is 13.9. The predicted molar refractivity (Wildman–Crippen MR) is 174 cm³/mol. The van der Waals surface area contributed by atoms with E-state index in [2.05, 4.69) is 41.5 Å². The summed E-state index contributed by atoms with van der Waals surface area (Å²) < 4.78 is 60.1. The molecular weight excluding hydrogens is 576 g/mol. The summed E-state index contributed by atoms with van der Waals surface area (Å²) in [7, 11) is -6.48. The van der Waals surface area contributed by atoms with Crippen LogP contribution < -0.4 is 0 Å². The van der Waals surface area contributed by atoms with Crippen molar-refractivity contribution >= 4 is 39.2 Å². The van der Waals surface area contributed by atoms with Gasteiger partial charge >= 0.3 is 39.2 Å². The Morgan fingerprint density at radius 3 is 0.750 bits per heavy atom. The van der Waals surface area contributed by atoms with Crippen LogP contribution in [0.5, 0.6) is 0 Å². The maximum atomic E-state index is 13.8. The summed E-state index contributed by atoms with van der Waals surface area (Å²) in [6.07, 6.45) is 16.5. The highest BCUT2D eigenvalue weighted by molar-refractivity contribution is 7.46. The van der Waals surface area contributed by atoms with Crippen molar-refractivity contribution < 1.29 is 24.4 Å². The van der Waals surface area contributed by atoms with Gasteiger partial charge in [-0.25, -0.2) is 10.7 Å². The van der Waals surface area contributed by atoms with Gasteiger partial charge in [0.15, 0.2) is 15.5 Å². The molecule has 0 aromatic heterocycles. The largest absolute Gasteiger partial charge is 1.04 e. The summed E-state index contributed by atoms with van der Waals surface area (Å²) in [4.78, 5) is 0. The molecule has 0 aliphatic carbocycles. The second-order valence-electron chi connectivity index (χ2n) is 12.5. The van der Waals surface area contributed by atoms with Gasteiger partial charge < -0.3 is 0 Å². The molecule has 0 heterocycles. The van der Waals surface area contributed by atoms with Gasteiger partial charge in [-0.15, -0.1) is 0 Å². The Hall–Kier alpha value is 0.712. The number of hydrogen-bond acceptors (Lipinski definition) is 6. The summed E-state index contributed by atoms with van der Waals surface area (Å²) >= 11 is -3.26. The first kappa shape index (κ1) is 40.7. The van der Waals surface area contributed by atoms with Crippen LogP contribution in [0.2, 0.25) is 0 Å². The third-order valence-electron chi connectivity index (χ3n) is 8.28. The topological polar surface area (TPSA) is 78.9 Å². The molecule has 0 aromatic rings. The van der Waals surface area contributed by atoms with Gasteiger partial charge in [0.05, 0.1) is 0 Å². The highest BCUT2D eigenvalue weighted by Gasteiger charge is 2.64. The van der Waals surface area contributed by atoms with E-state index in [0.29, 0.717) is 0 Å². The first-order valence-electron chi connectivity index (χ1n) is 16.3. The Labute approximate surface area is 256 Å². The molecule has 0 amide bonds. The van der Waals surface area contributed by atoms with Crippen LogP contribution in [-0.2, 0) is 24.4 Å². The van der Waals surface area contributed by atoms with E-state index in [-0.39, 0.29) is 0 Å². The summed E-state index contributed by atoms with van der Waals surface area (Å²) in [5.41, 5.74) is 0. The first-order chi connectivity index (χ1) is 18.9. The van der Waals surface area contributed by atoms with Crippen LogP contribution in [0.1, 0.15) is 178 Å². The van der Waals surface area contributed by atoms with Crippen molar-refractivity contribution in [3.05, 3.63) is 0 Å². The predicted octanol–water partition coefficient (Wildman–Crippen LogP) is 12.7. The lowest BCUT2D eigenvalue weighted by Crippen LogP contribution is -2.31. The zero-order valence-corrected chi connectivity index (χ0v) is 31.4. The van der Waals surface area contributed by atoms with E-state index in [0.717, 1.165) is 116 Å². The number of unbranched alkanes of at least 4 members (excludes halogenated alkanes) is 6. The highest BCUT2D eigenvalue weighted by atomic mass is 31.1. The molecule has 0 aliphatic heterocycles. The molecular formula is C30H63AlO6P3+3. The van der Waals surface area contributed by atoms with Crippen molar-refractivity contribution in [1.29, 1.82) is 0 Å². The maximum absolute atomic E-state index is 13.8. The van der Waals surface area contributed by atoms with Crippen LogP contribution in [-0.4, -0.2) is 30.6 Å². The minimum Gasteiger partial charge on any atom is -0.201 e. The molecule has 0 N–H and O–H groups in total. The minimum atomic E-state index is -3.26. The van der Waals surface area contributed by atoms with Crippen LogP contribution in [0, 0.1) is 0 Å². The monoisotopic (exact) mass is 639 g/mol. The molecule has 234 valence electrons. The van der Waals surface area contributed by atoms with Gasteiger partial charge in [-0.05, 0) is 112 Å². The smallest absolute Gasteiger partial charge is 0.201 e. The van der Waals surface area contributed by atoms with Gasteiger partial charge in [0.2, 0.25) is 0 Å². The van der Waals surface area contributed by atoms with E-state index < -0.39 is 54.7 Å². The lowest BCUT2D eigenvalue weighted by Gasteiger charge is -2.20. The Morgan fingerprint density at radius 2 is 0.600 bits per heavy atom. The lowest BCUT2D eigenvalue weighted by atomic mass is 9.97. The van der Waals surface area contributed by atoms with E-state index in [1.165, 1.54) is 0 Å². The average molecular weight is 640 g/mol. The molecule has 0 saturated heterocycles. The maximum Gasteiger partial charge on any atom is 1.04 e. The Morgan fingerprint density at radius 1 is 0.425 bits per heavy atom. The second kappa shape index (κ2) is 22.3. The Kier molecular flexibility index (Phi) is 22.7. The summed E-state index contributed by atoms with van der Waals surface area (Å²) in [6, 6.07) is 0. The minimum absolute atomic E-state index is 0.516. The molecule has 3 atom stereocenters. The van der Waals surface area contributed by atoms with Crippen molar-refractivity contribution in [3.63, 3.8) is 0 Å². The Balaban J connectivity index is 6.22. The highest BCUT2D eigenvalue weighted by Crippen LogP contribution is 2.54. The van der Waals surface area contributed by atoms with Gasteiger partial charge in [0.1, 0.15) is 0 Å². The summed E-state index contributed by atoms with van der Waals surface area (Å²) in [5, 5.41) is -1.55. The van der Waals surface area contributed by atoms with Crippen molar-refractivity contribution in [2.24, 2.45) is 0 Å². The fraction of sp³-hybridized carbons (Fsp3) is 1.00. The Bertz CT molecular complexity index is 617. The van der Waals surface area contributed by atoms with Crippen LogP contribution in [0.25, 0.3) is 0 Å². The second-order valence-corrected chi connectivity index (χ2v) is 20.4. The van der Waals surface area contributed by atoms with E-state index in [1.54, 1.807) is 0 Å². The average Bonchev–Trinajstić information content (AvgIpc) is 2.94. The SMILES string of the molecule is CCCCC(C)(CCCC)[P+](=O)[O][Al]([O][P+](=O)C(C)(CCCC)CCCC)[O][P+](=O)C(C)(CCCC)CCCC. The summed E-state index contributed by atoms with van der Waals surface area (Å²) in [5.74, 6) is 0. The number of hydrogen-bond donors (Lipinski definition) is 0. The fourth-order valence-corrected chi connectivity index (χ4v) is 13.4. The fourth-order valence-electron chi connectivity index (χ4n) is 4.94. The van der Waals surface area contributed by atoms with Gasteiger partial charge in [0.25, 0.3) is 0 Å². The third kappa shape index (κ3) is 14.9. The van der Waals surface area contributed by atoms with Crippen molar-refractivity contribution in [2.75, 3.05) is 0 Å². The van der Waals surface area contributed by atoms with E-state index in [4.69, 9.17) is 10.7 Å². The van der Waals surface area contributed by atoms with Crippen molar-refractivity contribution in [3.8, 4) is 0 Å². The molecule has 6 nitrogen and oxygen atoms in total. The number of rotatable bonds is 27. The molecule has 0 spiro atoms. The third-order valence-corrected chi connectivity index (χ3v) is 16.6. The molecule has 40 heavy (non-hydrogen) atoms. The molecule has 0 aromatic carbocycles. The molecule has 0 rings (SSSR count). The van der Waals surface area contributed by atoms with Crippen molar-refractivity contribution in [1.82, 2.24) is 0 Å². The van der Waals surface area contributed by atoms with Crippen molar-refractivity contribution in [2.45, 2.75) is 193 Å². The van der Waals surface area contributed by atoms with Gasteiger partial charge in [-0.3, -0.25) is 0 Å². The zero-order chi connectivity index (χ0) is 30.7.